The number of pyridine rings is 1. The molecule has 0 N–H and O–H groups in total. The van der Waals surface area contributed by atoms with Gasteiger partial charge in [-0.1, -0.05) is 36.4 Å². The number of aryl methyl sites for hydroxylation is 2. The number of sulfone groups is 1. The number of rotatable bonds is 6. The zero-order valence-corrected chi connectivity index (χ0v) is 16.6. The average molecular weight is 419 g/mol. The van der Waals surface area contributed by atoms with Gasteiger partial charge in [0.25, 0.3) is 0 Å². The molecule has 0 aliphatic carbocycles. The highest BCUT2D eigenvalue weighted by molar-refractivity contribution is 7.91. The number of alkyl halides is 3. The maximum Gasteiger partial charge on any atom is 0.417 e. The Kier molecular flexibility index (Phi) is 6.07. The lowest BCUT2D eigenvalue weighted by molar-refractivity contribution is -0.139. The Bertz CT molecular complexity index is 1110. The van der Waals surface area contributed by atoms with Crippen LogP contribution < -0.4 is 0 Å². The van der Waals surface area contributed by atoms with E-state index in [9.17, 15) is 21.6 Å². The zero-order chi connectivity index (χ0) is 21.1. The van der Waals surface area contributed by atoms with E-state index in [1.54, 1.807) is 12.4 Å². The molecule has 0 spiro atoms. The van der Waals surface area contributed by atoms with Crippen LogP contribution in [-0.2, 0) is 22.4 Å². The second-order valence-corrected chi connectivity index (χ2v) is 8.88. The Balaban J connectivity index is 1.74. The van der Waals surface area contributed by atoms with Crippen LogP contribution in [0.3, 0.4) is 0 Å². The second kappa shape index (κ2) is 8.37. The molecule has 1 heterocycles. The summed E-state index contributed by atoms with van der Waals surface area (Å²) in [5.41, 5.74) is 2.87. The fraction of sp³-hybridized carbons (Fsp3) is 0.227. The Labute approximate surface area is 168 Å². The van der Waals surface area contributed by atoms with Crippen LogP contribution in [-0.4, -0.2) is 19.2 Å². The summed E-state index contributed by atoms with van der Waals surface area (Å²) < 4.78 is 64.4. The molecule has 0 saturated carbocycles. The minimum Gasteiger partial charge on any atom is -0.264 e. The molecule has 3 nitrogen and oxygen atoms in total. The predicted molar refractivity (Wildman–Crippen MR) is 106 cm³/mol. The topological polar surface area (TPSA) is 47.0 Å². The first-order valence-corrected chi connectivity index (χ1v) is 10.7. The van der Waals surface area contributed by atoms with Crippen molar-refractivity contribution in [3.8, 4) is 11.1 Å². The highest BCUT2D eigenvalue weighted by Crippen LogP contribution is 2.34. The molecule has 0 radical (unpaired) electrons. The first-order valence-electron chi connectivity index (χ1n) is 9.07. The molecule has 1 aromatic heterocycles. The lowest BCUT2D eigenvalue weighted by atomic mass is 9.99. The van der Waals surface area contributed by atoms with Gasteiger partial charge in [-0.2, -0.15) is 13.2 Å². The highest BCUT2D eigenvalue weighted by atomic mass is 32.2. The fourth-order valence-corrected chi connectivity index (χ4v) is 4.79. The maximum atomic E-state index is 13.1. The van der Waals surface area contributed by atoms with E-state index in [2.05, 4.69) is 4.98 Å². The highest BCUT2D eigenvalue weighted by Gasteiger charge is 2.36. The first-order chi connectivity index (χ1) is 13.7. The van der Waals surface area contributed by atoms with Crippen LogP contribution in [0.25, 0.3) is 11.1 Å². The minimum atomic E-state index is -4.71. The summed E-state index contributed by atoms with van der Waals surface area (Å²) in [7, 11) is -4.04. The van der Waals surface area contributed by atoms with Gasteiger partial charge in [0.2, 0.25) is 0 Å². The molecule has 3 rings (SSSR count). The zero-order valence-electron chi connectivity index (χ0n) is 15.8. The number of halogens is 3. The Hall–Kier alpha value is -2.67. The molecule has 0 atom stereocenters. The van der Waals surface area contributed by atoms with Gasteiger partial charge in [0.05, 0.1) is 16.2 Å². The lowest BCUT2D eigenvalue weighted by Gasteiger charge is -2.13. The molecule has 3 aromatic rings. The van der Waals surface area contributed by atoms with Crippen LogP contribution in [0, 0.1) is 6.92 Å². The molecule has 0 saturated heterocycles. The molecule has 0 unspecified atom stereocenters. The van der Waals surface area contributed by atoms with Gasteiger partial charge in [-0.15, -0.1) is 0 Å². The molecule has 29 heavy (non-hydrogen) atoms. The molecule has 152 valence electrons. The van der Waals surface area contributed by atoms with E-state index in [-0.39, 0.29) is 12.2 Å². The summed E-state index contributed by atoms with van der Waals surface area (Å²) >= 11 is 0. The van der Waals surface area contributed by atoms with E-state index in [0.29, 0.717) is 6.42 Å². The predicted octanol–water partition coefficient (Wildman–Crippen LogP) is 5.48. The van der Waals surface area contributed by atoms with Crippen LogP contribution in [0.4, 0.5) is 13.2 Å². The van der Waals surface area contributed by atoms with Gasteiger partial charge >= 0.3 is 6.18 Å². The van der Waals surface area contributed by atoms with Crippen LogP contribution >= 0.6 is 0 Å². The average Bonchev–Trinajstić information content (AvgIpc) is 2.68. The first kappa shape index (κ1) is 21.0. The number of nitrogens with zero attached hydrogens (tertiary/aromatic N) is 1. The van der Waals surface area contributed by atoms with E-state index >= 15 is 0 Å². The Morgan fingerprint density at radius 3 is 2.48 bits per heavy atom. The van der Waals surface area contributed by atoms with Crippen LogP contribution in [0.5, 0.6) is 0 Å². The standard InChI is InChI=1S/C22H20F3NO2S/c1-16-15-26-12-11-19(16)18-8-4-6-17(14-18)7-5-13-29(27,28)21-10-3-2-9-20(21)22(23,24)25/h2-4,6,8-12,14-15H,5,7,13H2,1H3. The molecule has 0 bridgehead atoms. The molecule has 0 aliphatic heterocycles. The minimum absolute atomic E-state index is 0.229. The molecule has 7 heteroatoms. The summed E-state index contributed by atoms with van der Waals surface area (Å²) in [5, 5.41) is 0. The van der Waals surface area contributed by atoms with Gasteiger partial charge in [0.1, 0.15) is 0 Å². The van der Waals surface area contributed by atoms with Gasteiger partial charge in [-0.25, -0.2) is 8.42 Å². The van der Waals surface area contributed by atoms with E-state index in [1.807, 2.05) is 37.3 Å². The van der Waals surface area contributed by atoms with Crippen molar-refractivity contribution in [2.45, 2.75) is 30.8 Å². The Morgan fingerprint density at radius 2 is 1.76 bits per heavy atom. The van der Waals surface area contributed by atoms with E-state index in [1.165, 1.54) is 12.1 Å². The normalized spacial score (nSPS) is 12.1. The summed E-state index contributed by atoms with van der Waals surface area (Å²) in [6, 6.07) is 13.9. The van der Waals surface area contributed by atoms with Crippen molar-refractivity contribution in [1.82, 2.24) is 4.98 Å². The summed E-state index contributed by atoms with van der Waals surface area (Å²) in [6.07, 6.45) is -0.550. The second-order valence-electron chi connectivity index (χ2n) is 6.81. The van der Waals surface area contributed by atoms with Crippen molar-refractivity contribution in [3.05, 3.63) is 83.7 Å². The van der Waals surface area contributed by atoms with E-state index < -0.39 is 26.5 Å². The quantitative estimate of drug-likeness (QED) is 0.531. The van der Waals surface area contributed by atoms with Crippen molar-refractivity contribution < 1.29 is 21.6 Å². The van der Waals surface area contributed by atoms with Gasteiger partial charge in [0.15, 0.2) is 9.84 Å². The molecule has 2 aromatic carbocycles. The summed E-state index contributed by atoms with van der Waals surface area (Å²) in [4.78, 5) is 3.42. The van der Waals surface area contributed by atoms with Crippen LogP contribution in [0.15, 0.2) is 71.9 Å². The third-order valence-corrected chi connectivity index (χ3v) is 6.52. The SMILES string of the molecule is Cc1cnccc1-c1cccc(CCCS(=O)(=O)c2ccccc2C(F)(F)F)c1. The number of hydrogen-bond acceptors (Lipinski definition) is 3. The van der Waals surface area contributed by atoms with Gasteiger partial charge < -0.3 is 0 Å². The van der Waals surface area contributed by atoms with Crippen molar-refractivity contribution in [3.63, 3.8) is 0 Å². The summed E-state index contributed by atoms with van der Waals surface area (Å²) in [5.74, 6) is -0.349. The van der Waals surface area contributed by atoms with Gasteiger partial charge in [0, 0.05) is 12.4 Å². The monoisotopic (exact) mass is 419 g/mol. The third kappa shape index (κ3) is 5.03. The van der Waals surface area contributed by atoms with Crippen molar-refractivity contribution in [2.24, 2.45) is 0 Å². The van der Waals surface area contributed by atoms with Crippen LogP contribution in [0.2, 0.25) is 0 Å². The Morgan fingerprint density at radius 1 is 1.00 bits per heavy atom. The van der Waals surface area contributed by atoms with E-state index in [0.717, 1.165) is 34.4 Å². The molecule has 0 aliphatic rings. The summed E-state index contributed by atoms with van der Waals surface area (Å²) in [6.45, 7) is 1.96. The smallest absolute Gasteiger partial charge is 0.264 e. The fourth-order valence-electron chi connectivity index (χ4n) is 3.24. The van der Waals surface area contributed by atoms with Crippen molar-refractivity contribution >= 4 is 9.84 Å². The van der Waals surface area contributed by atoms with Crippen molar-refractivity contribution in [2.75, 3.05) is 5.75 Å². The lowest BCUT2D eigenvalue weighted by Crippen LogP contribution is -2.15. The maximum absolute atomic E-state index is 13.1. The molecular formula is C22H20F3NO2S. The molecular weight excluding hydrogens is 399 g/mol. The molecule has 0 amide bonds. The van der Waals surface area contributed by atoms with Crippen LogP contribution in [0.1, 0.15) is 23.1 Å². The number of benzene rings is 2. The molecule has 0 fully saturated rings. The number of hydrogen-bond donors (Lipinski definition) is 0. The third-order valence-electron chi connectivity index (χ3n) is 4.66. The van der Waals surface area contributed by atoms with Gasteiger partial charge in [-0.05, 0) is 60.2 Å². The van der Waals surface area contributed by atoms with Crippen molar-refractivity contribution in [1.29, 1.82) is 0 Å². The van der Waals surface area contributed by atoms with Gasteiger partial charge in [-0.3, -0.25) is 4.98 Å². The number of aromatic nitrogens is 1. The van der Waals surface area contributed by atoms with E-state index in [4.69, 9.17) is 0 Å². The largest absolute Gasteiger partial charge is 0.417 e.